The molecule has 60 valence electrons. The molecule has 0 aliphatic rings. The summed E-state index contributed by atoms with van der Waals surface area (Å²) in [4.78, 5) is 0. The lowest BCUT2D eigenvalue weighted by Crippen LogP contribution is -2.25. The zero-order chi connectivity index (χ0) is 8.91. The summed E-state index contributed by atoms with van der Waals surface area (Å²) < 4.78 is 0. The van der Waals surface area contributed by atoms with Gasteiger partial charge in [-0.25, -0.2) is 0 Å². The maximum Gasteiger partial charge on any atom is 0.0574 e. The van der Waals surface area contributed by atoms with Gasteiger partial charge in [-0.1, -0.05) is 31.2 Å². The molecule has 0 aromatic rings. The van der Waals surface area contributed by atoms with Crippen LogP contribution in [0.5, 0.6) is 0 Å². The van der Waals surface area contributed by atoms with E-state index in [9.17, 15) is 0 Å². The summed E-state index contributed by atoms with van der Waals surface area (Å²) in [6.07, 6.45) is 3.91. The van der Waals surface area contributed by atoms with Crippen molar-refractivity contribution in [1.29, 1.82) is 0 Å². The number of thiocarbonyl (C=S) groups is 1. The van der Waals surface area contributed by atoms with E-state index in [0.29, 0.717) is 5.54 Å². The van der Waals surface area contributed by atoms with Crippen LogP contribution in [-0.4, -0.2) is 13.1 Å². The zero-order valence-corrected chi connectivity index (χ0v) is 9.16. The van der Waals surface area contributed by atoms with E-state index in [1.54, 1.807) is 0 Å². The molecule has 0 amide bonds. The first-order valence-corrected chi connectivity index (χ1v) is 7.58. The summed E-state index contributed by atoms with van der Waals surface area (Å²) in [5.74, 6) is 0. The van der Waals surface area contributed by atoms with Crippen molar-refractivity contribution in [1.82, 2.24) is 0 Å². The van der Waals surface area contributed by atoms with Gasteiger partial charge >= 0.3 is 0 Å². The van der Waals surface area contributed by atoms with Crippen LogP contribution in [0, 0.1) is 0 Å². The van der Waals surface area contributed by atoms with Gasteiger partial charge in [-0.2, -0.15) is 0 Å². The smallest absolute Gasteiger partial charge is 0.0574 e. The fraction of sp³-hybridized carbons (Fsp3) is 0.444. The van der Waals surface area contributed by atoms with Crippen molar-refractivity contribution in [2.45, 2.75) is 25.2 Å². The fourth-order valence-electron chi connectivity index (χ4n) is 0.748. The van der Waals surface area contributed by atoms with Gasteiger partial charge < -0.3 is 0 Å². The topological polar surface area (TPSA) is 0 Å². The van der Waals surface area contributed by atoms with Crippen molar-refractivity contribution in [2.24, 2.45) is 0 Å². The average Bonchev–Trinajstić information content (AvgIpc) is 1.85. The lowest BCUT2D eigenvalue weighted by molar-refractivity contribution is 1.28. The van der Waals surface area contributed by atoms with E-state index < -0.39 is 8.07 Å². The largest absolute Gasteiger partial charge is 0.133 e. The maximum absolute atomic E-state index is 4.66. The van der Waals surface area contributed by atoms with Crippen LogP contribution in [-0.2, 0) is 0 Å². The Morgan fingerprint density at radius 1 is 1.36 bits per heavy atom. The third-order valence-corrected chi connectivity index (χ3v) is 4.01. The summed E-state index contributed by atoms with van der Waals surface area (Å²) in [6, 6.07) is 0. The van der Waals surface area contributed by atoms with Gasteiger partial charge in [-0.05, 0) is 24.4 Å². The molecule has 0 rings (SSSR count). The summed E-state index contributed by atoms with van der Waals surface area (Å²) in [6.45, 7) is 10.4. The minimum Gasteiger partial charge on any atom is -0.133 e. The van der Waals surface area contributed by atoms with Gasteiger partial charge in [-0.15, -0.1) is 5.73 Å². The summed E-state index contributed by atoms with van der Waals surface area (Å²) in [7, 11) is -1.17. The molecule has 0 N–H and O–H groups in total. The van der Waals surface area contributed by atoms with Gasteiger partial charge in [0.05, 0.1) is 8.07 Å². The van der Waals surface area contributed by atoms with E-state index in [4.69, 9.17) is 0 Å². The second-order valence-corrected chi connectivity index (χ2v) is 9.18. The fourth-order valence-corrected chi connectivity index (χ4v) is 2.22. The molecule has 1 unspecified atom stereocenters. The van der Waals surface area contributed by atoms with Crippen LogP contribution < -0.4 is 0 Å². The van der Waals surface area contributed by atoms with Crippen molar-refractivity contribution in [2.75, 3.05) is 0 Å². The van der Waals surface area contributed by atoms with Crippen molar-refractivity contribution >= 4 is 25.3 Å². The Kier molecular flexibility index (Phi) is 4.32. The molecule has 0 aliphatic heterocycles. The van der Waals surface area contributed by atoms with Gasteiger partial charge in [0.2, 0.25) is 0 Å². The number of rotatable bonds is 3. The Morgan fingerprint density at radius 2 is 1.91 bits per heavy atom. The SMILES string of the molecule is C=C=CC(C=C=S)[Si](C)(C)C. The Hall–Kier alpha value is -0.393. The minimum atomic E-state index is -1.17. The maximum atomic E-state index is 4.66. The highest BCUT2D eigenvalue weighted by Gasteiger charge is 2.21. The quantitative estimate of drug-likeness (QED) is 0.367. The highest BCUT2D eigenvalue weighted by Crippen LogP contribution is 2.23. The van der Waals surface area contributed by atoms with E-state index in [2.05, 4.69) is 49.2 Å². The molecular weight excluding hydrogens is 168 g/mol. The molecule has 0 nitrogen and oxygen atoms in total. The van der Waals surface area contributed by atoms with E-state index in [-0.39, 0.29) is 0 Å². The van der Waals surface area contributed by atoms with Gasteiger partial charge in [0.1, 0.15) is 0 Å². The second kappa shape index (κ2) is 4.48. The Labute approximate surface area is 75.3 Å². The molecular formula is C9H14SSi. The molecule has 0 bridgehead atoms. The first kappa shape index (κ1) is 10.6. The molecule has 0 saturated carbocycles. The first-order chi connectivity index (χ1) is 5.02. The van der Waals surface area contributed by atoms with E-state index in [0.717, 1.165) is 0 Å². The van der Waals surface area contributed by atoms with Crippen LogP contribution in [0.2, 0.25) is 25.2 Å². The van der Waals surface area contributed by atoms with Crippen LogP contribution >= 0.6 is 12.2 Å². The van der Waals surface area contributed by atoms with Crippen molar-refractivity contribution < 1.29 is 0 Å². The summed E-state index contributed by atoms with van der Waals surface area (Å²) in [5.41, 5.74) is 3.23. The predicted molar refractivity (Wildman–Crippen MR) is 58.0 cm³/mol. The van der Waals surface area contributed by atoms with Crippen LogP contribution in [0.25, 0.3) is 0 Å². The van der Waals surface area contributed by atoms with E-state index in [1.165, 1.54) is 0 Å². The number of allylic oxidation sites excluding steroid dienone is 2. The molecule has 0 aromatic carbocycles. The van der Waals surface area contributed by atoms with Crippen LogP contribution in [0.3, 0.4) is 0 Å². The molecule has 11 heavy (non-hydrogen) atoms. The highest BCUT2D eigenvalue weighted by molar-refractivity contribution is 7.78. The predicted octanol–water partition coefficient (Wildman–Crippen LogP) is 3.19. The molecule has 0 aliphatic carbocycles. The van der Waals surface area contributed by atoms with Crippen LogP contribution in [0.4, 0.5) is 0 Å². The summed E-state index contributed by atoms with van der Waals surface area (Å²) >= 11 is 4.66. The molecule has 1 atom stereocenters. The van der Waals surface area contributed by atoms with Crippen LogP contribution in [0.15, 0.2) is 24.5 Å². The Balaban J connectivity index is 4.60. The zero-order valence-electron chi connectivity index (χ0n) is 7.35. The van der Waals surface area contributed by atoms with Gasteiger partial charge in [0.15, 0.2) is 0 Å². The Bertz CT molecular complexity index is 194. The molecule has 0 heterocycles. The molecule has 0 radical (unpaired) electrons. The first-order valence-electron chi connectivity index (χ1n) is 3.59. The van der Waals surface area contributed by atoms with Gasteiger partial charge in [0.25, 0.3) is 0 Å². The number of hydrogen-bond donors (Lipinski definition) is 0. The Morgan fingerprint density at radius 3 is 2.18 bits per heavy atom. The molecule has 2 heteroatoms. The van der Waals surface area contributed by atoms with Crippen molar-refractivity contribution in [3.63, 3.8) is 0 Å². The third-order valence-electron chi connectivity index (χ3n) is 1.55. The summed E-state index contributed by atoms with van der Waals surface area (Å²) in [5, 5.41) is 2.65. The van der Waals surface area contributed by atoms with Gasteiger partial charge in [-0.3, -0.25) is 0 Å². The average molecular weight is 182 g/mol. The normalized spacial score (nSPS) is 12.6. The third kappa shape index (κ3) is 4.13. The standard InChI is InChI=1S/C9H14SSi/c1-5-6-9(7-8-10)11(2,3)4/h6-7,9H,1H2,2-4H3. The molecule has 0 fully saturated rings. The molecule has 0 aromatic heterocycles. The highest BCUT2D eigenvalue weighted by atomic mass is 32.1. The monoisotopic (exact) mass is 182 g/mol. The van der Waals surface area contributed by atoms with Crippen LogP contribution in [0.1, 0.15) is 0 Å². The number of hydrogen-bond acceptors (Lipinski definition) is 1. The lowest BCUT2D eigenvalue weighted by Gasteiger charge is -2.20. The van der Waals surface area contributed by atoms with Crippen molar-refractivity contribution in [3.8, 4) is 0 Å². The second-order valence-electron chi connectivity index (χ2n) is 3.55. The molecule has 0 saturated heterocycles. The van der Waals surface area contributed by atoms with E-state index >= 15 is 0 Å². The minimum absolute atomic E-state index is 0.428. The molecule has 0 spiro atoms. The van der Waals surface area contributed by atoms with E-state index in [1.807, 2.05) is 12.2 Å². The van der Waals surface area contributed by atoms with Gasteiger partial charge in [0, 0.05) is 5.54 Å². The van der Waals surface area contributed by atoms with Crippen molar-refractivity contribution in [3.05, 3.63) is 24.5 Å². The lowest BCUT2D eigenvalue weighted by atomic mass is 10.4.